The molecule has 1 saturated carbocycles. The van der Waals surface area contributed by atoms with Crippen molar-refractivity contribution in [3.63, 3.8) is 0 Å². The van der Waals surface area contributed by atoms with Crippen LogP contribution in [0.5, 0.6) is 5.75 Å². The van der Waals surface area contributed by atoms with Gasteiger partial charge in [-0.1, -0.05) is 20.3 Å². The number of hydrogen-bond donors (Lipinski definition) is 2. The van der Waals surface area contributed by atoms with Gasteiger partial charge in [-0.25, -0.2) is 4.98 Å². The predicted octanol–water partition coefficient (Wildman–Crippen LogP) is 6.97. The first kappa shape index (κ1) is 24.9. The molecule has 1 heterocycles. The Morgan fingerprint density at radius 2 is 1.97 bits per heavy atom. The zero-order valence-electron chi connectivity index (χ0n) is 20.1. The molecule has 1 aliphatic carbocycles. The van der Waals surface area contributed by atoms with Crippen LogP contribution in [0.1, 0.15) is 63.1 Å². The van der Waals surface area contributed by atoms with Crippen molar-refractivity contribution in [3.8, 4) is 5.75 Å². The lowest BCUT2D eigenvalue weighted by Crippen LogP contribution is -2.25. The highest BCUT2D eigenvalue weighted by atomic mass is 19.4. The second kappa shape index (κ2) is 9.43. The summed E-state index contributed by atoms with van der Waals surface area (Å²) in [5, 5.41) is 12.3. The highest BCUT2D eigenvalue weighted by Crippen LogP contribution is 2.44. The van der Waals surface area contributed by atoms with Gasteiger partial charge in [0.25, 0.3) is 0 Å². The molecule has 1 atom stereocenters. The van der Waals surface area contributed by atoms with Crippen molar-refractivity contribution in [3.05, 3.63) is 47.5 Å². The summed E-state index contributed by atoms with van der Waals surface area (Å²) >= 11 is 0. The van der Waals surface area contributed by atoms with E-state index in [2.05, 4.69) is 23.7 Å². The maximum atomic E-state index is 13.0. The van der Waals surface area contributed by atoms with Crippen LogP contribution in [0.15, 0.2) is 36.4 Å². The van der Waals surface area contributed by atoms with Crippen LogP contribution < -0.4 is 10.1 Å². The summed E-state index contributed by atoms with van der Waals surface area (Å²) in [5.41, 5.74) is 2.22. The van der Waals surface area contributed by atoms with Gasteiger partial charge >= 0.3 is 12.1 Å². The number of aromatic nitrogens is 2. The van der Waals surface area contributed by atoms with Crippen LogP contribution in [-0.2, 0) is 17.4 Å². The summed E-state index contributed by atoms with van der Waals surface area (Å²) in [6.07, 6.45) is -0.0496. The van der Waals surface area contributed by atoms with Gasteiger partial charge in [-0.05, 0) is 67.0 Å². The molecule has 1 aromatic heterocycles. The molecule has 1 aliphatic rings. The van der Waals surface area contributed by atoms with Crippen LogP contribution in [0.4, 0.5) is 24.8 Å². The summed E-state index contributed by atoms with van der Waals surface area (Å²) in [7, 11) is 1.55. The van der Waals surface area contributed by atoms with Crippen LogP contribution >= 0.6 is 0 Å². The van der Waals surface area contributed by atoms with Crippen LogP contribution in [0.3, 0.4) is 0 Å². The molecular weight excluding hydrogens is 459 g/mol. The number of rotatable bonds is 7. The van der Waals surface area contributed by atoms with Crippen molar-refractivity contribution in [2.45, 2.75) is 64.6 Å². The number of aliphatic carboxylic acids is 1. The van der Waals surface area contributed by atoms with Crippen molar-refractivity contribution in [1.82, 2.24) is 9.55 Å². The van der Waals surface area contributed by atoms with E-state index in [4.69, 9.17) is 14.8 Å². The number of benzene rings is 2. The number of nitrogens with one attached hydrogen (secondary N) is 1. The third-order valence-corrected chi connectivity index (χ3v) is 6.71. The molecule has 0 saturated heterocycles. The number of anilines is 2. The van der Waals surface area contributed by atoms with Crippen molar-refractivity contribution in [2.24, 2.45) is 5.41 Å². The quantitative estimate of drug-likeness (QED) is 0.375. The first-order chi connectivity index (χ1) is 16.5. The minimum absolute atomic E-state index is 0.0317. The molecule has 2 N–H and O–H groups in total. The second-order valence-corrected chi connectivity index (χ2v) is 9.97. The van der Waals surface area contributed by atoms with Crippen LogP contribution in [0, 0.1) is 5.41 Å². The van der Waals surface area contributed by atoms with Crippen molar-refractivity contribution in [1.29, 1.82) is 0 Å². The van der Waals surface area contributed by atoms with E-state index in [0.29, 0.717) is 29.3 Å². The fourth-order valence-corrected chi connectivity index (χ4v) is 5.00. The molecule has 0 spiro atoms. The van der Waals surface area contributed by atoms with Gasteiger partial charge in [0.2, 0.25) is 5.95 Å². The van der Waals surface area contributed by atoms with Gasteiger partial charge in [0.15, 0.2) is 0 Å². The number of nitrogens with zero attached hydrogens (tertiary/aromatic N) is 2. The molecule has 4 rings (SSSR count). The highest BCUT2D eigenvalue weighted by Gasteiger charge is 2.32. The van der Waals surface area contributed by atoms with Gasteiger partial charge in [0, 0.05) is 24.2 Å². The molecule has 6 nitrogen and oxygen atoms in total. The molecule has 0 unspecified atom stereocenters. The smallest absolute Gasteiger partial charge is 0.416 e. The van der Waals surface area contributed by atoms with Gasteiger partial charge in [-0.3, -0.25) is 4.79 Å². The first-order valence-corrected chi connectivity index (χ1v) is 11.7. The van der Waals surface area contributed by atoms with Gasteiger partial charge < -0.3 is 19.7 Å². The summed E-state index contributed by atoms with van der Waals surface area (Å²) in [5.74, 6) is 0.239. The predicted molar refractivity (Wildman–Crippen MR) is 128 cm³/mol. The first-order valence-electron chi connectivity index (χ1n) is 11.7. The molecule has 0 amide bonds. The SMILES string of the molecule is COc1cc2c(cc1CCC(=O)O)nc(Nc1ccc(C(F)(F)F)cc1)n2[C@H]1CCCC(C)(C)C1. The monoisotopic (exact) mass is 489 g/mol. The van der Waals surface area contributed by atoms with E-state index in [1.165, 1.54) is 12.1 Å². The van der Waals surface area contributed by atoms with E-state index in [1.54, 1.807) is 7.11 Å². The fraction of sp³-hybridized carbons (Fsp3) is 0.462. The Labute approximate surface area is 202 Å². The third-order valence-electron chi connectivity index (χ3n) is 6.71. The van der Waals surface area contributed by atoms with E-state index < -0.39 is 17.7 Å². The Morgan fingerprint density at radius 3 is 2.57 bits per heavy atom. The number of halogens is 3. The number of methoxy groups -OCH3 is 1. The molecular formula is C26H30F3N3O3. The van der Waals surface area contributed by atoms with Gasteiger partial charge in [-0.2, -0.15) is 13.2 Å². The number of hydrogen-bond acceptors (Lipinski definition) is 4. The minimum Gasteiger partial charge on any atom is -0.496 e. The molecule has 0 radical (unpaired) electrons. The van der Waals surface area contributed by atoms with E-state index >= 15 is 0 Å². The number of aryl methyl sites for hydroxylation is 1. The standard InChI is InChI=1S/C26H30F3N3O3/c1-25(2)12-4-5-19(15-25)32-21-14-22(35-3)16(6-11-23(33)34)13-20(21)31-24(32)30-18-9-7-17(8-10-18)26(27,28)29/h7-10,13-14,19H,4-6,11-12,15H2,1-3H3,(H,30,31)(H,33,34)/t19-/m0/s1. The lowest BCUT2D eigenvalue weighted by Gasteiger charge is -2.36. The Hall–Kier alpha value is -3.23. The van der Waals surface area contributed by atoms with E-state index in [1.807, 2.05) is 12.1 Å². The largest absolute Gasteiger partial charge is 0.496 e. The van der Waals surface area contributed by atoms with Crippen molar-refractivity contribution >= 4 is 28.6 Å². The van der Waals surface area contributed by atoms with Crippen LogP contribution in [-0.4, -0.2) is 27.7 Å². The van der Waals surface area contributed by atoms with E-state index in [9.17, 15) is 18.0 Å². The number of carboxylic acids is 1. The van der Waals surface area contributed by atoms with Crippen LogP contribution in [0.2, 0.25) is 0 Å². The number of imidazole rings is 1. The van der Waals surface area contributed by atoms with E-state index in [0.717, 1.165) is 48.9 Å². The lowest BCUT2D eigenvalue weighted by molar-refractivity contribution is -0.138. The number of alkyl halides is 3. The minimum atomic E-state index is -4.40. The van der Waals surface area contributed by atoms with Gasteiger partial charge in [0.1, 0.15) is 5.75 Å². The average Bonchev–Trinajstić information content (AvgIpc) is 3.12. The number of carboxylic acid groups (broad SMARTS) is 1. The van der Waals surface area contributed by atoms with Crippen molar-refractivity contribution in [2.75, 3.05) is 12.4 Å². The number of ether oxygens (including phenoxy) is 1. The molecule has 0 aliphatic heterocycles. The van der Waals surface area contributed by atoms with Gasteiger partial charge in [0.05, 0.1) is 23.7 Å². The lowest BCUT2D eigenvalue weighted by atomic mass is 9.75. The Morgan fingerprint density at radius 1 is 1.26 bits per heavy atom. The molecule has 0 bridgehead atoms. The Kier molecular flexibility index (Phi) is 6.71. The molecule has 9 heteroatoms. The molecule has 188 valence electrons. The maximum absolute atomic E-state index is 13.0. The number of carbonyl (C=O) groups is 1. The summed E-state index contributed by atoms with van der Waals surface area (Å²) in [6.45, 7) is 4.48. The molecule has 35 heavy (non-hydrogen) atoms. The Bertz CT molecular complexity index is 1220. The molecule has 2 aromatic carbocycles. The highest BCUT2D eigenvalue weighted by molar-refractivity contribution is 5.83. The zero-order chi connectivity index (χ0) is 25.4. The zero-order valence-corrected chi connectivity index (χ0v) is 20.1. The van der Waals surface area contributed by atoms with Crippen LogP contribution in [0.25, 0.3) is 11.0 Å². The molecule has 3 aromatic rings. The van der Waals surface area contributed by atoms with Crippen molar-refractivity contribution < 1.29 is 27.8 Å². The summed E-state index contributed by atoms with van der Waals surface area (Å²) in [6, 6.07) is 8.78. The van der Waals surface area contributed by atoms with Gasteiger partial charge in [-0.15, -0.1) is 0 Å². The second-order valence-electron chi connectivity index (χ2n) is 9.97. The van der Waals surface area contributed by atoms with E-state index in [-0.39, 0.29) is 17.9 Å². The molecule has 1 fully saturated rings. The average molecular weight is 490 g/mol. The topological polar surface area (TPSA) is 76.4 Å². The number of fused-ring (bicyclic) bond motifs is 1. The maximum Gasteiger partial charge on any atom is 0.416 e. The normalized spacial score (nSPS) is 17.9. The third kappa shape index (κ3) is 5.55. The summed E-state index contributed by atoms with van der Waals surface area (Å²) < 4.78 is 46.7. The fourth-order valence-electron chi connectivity index (χ4n) is 5.00. The Balaban J connectivity index is 1.79. The summed E-state index contributed by atoms with van der Waals surface area (Å²) in [4.78, 5) is 15.9.